The minimum atomic E-state index is -3.78. The molecule has 0 aliphatic rings. The lowest BCUT2D eigenvalue weighted by atomic mass is 10.1. The summed E-state index contributed by atoms with van der Waals surface area (Å²) in [6.07, 6.45) is 0.656. The van der Waals surface area contributed by atoms with Crippen molar-refractivity contribution in [1.29, 1.82) is 0 Å². The van der Waals surface area contributed by atoms with E-state index in [-0.39, 0.29) is 16.2 Å². The Bertz CT molecular complexity index is 1110. The van der Waals surface area contributed by atoms with Gasteiger partial charge < -0.3 is 10.1 Å². The van der Waals surface area contributed by atoms with Crippen molar-refractivity contribution in [3.8, 4) is 5.75 Å². The summed E-state index contributed by atoms with van der Waals surface area (Å²) in [6.45, 7) is 2.17. The van der Waals surface area contributed by atoms with E-state index in [0.29, 0.717) is 18.7 Å². The zero-order valence-corrected chi connectivity index (χ0v) is 16.5. The van der Waals surface area contributed by atoms with Gasteiger partial charge in [0.05, 0.1) is 7.11 Å². The molecule has 7 heteroatoms. The van der Waals surface area contributed by atoms with E-state index >= 15 is 0 Å². The molecule has 0 saturated carbocycles. The first-order valence-electron chi connectivity index (χ1n) is 8.93. The summed E-state index contributed by atoms with van der Waals surface area (Å²) in [4.78, 5) is 12.7. The number of ether oxygens (including phenoxy) is 1. The second kappa shape index (κ2) is 8.41. The fourth-order valence-electron chi connectivity index (χ4n) is 2.87. The number of hydrogen-bond donors (Lipinski definition) is 2. The van der Waals surface area contributed by atoms with Gasteiger partial charge in [-0.3, -0.25) is 4.79 Å². The molecule has 3 aromatic rings. The molecular weight excluding hydrogens is 376 g/mol. The molecule has 1 amide bonds. The molecule has 0 bridgehead atoms. The first-order valence-corrected chi connectivity index (χ1v) is 10.4. The molecule has 28 heavy (non-hydrogen) atoms. The van der Waals surface area contributed by atoms with Crippen molar-refractivity contribution in [1.82, 2.24) is 4.72 Å². The monoisotopic (exact) mass is 398 g/mol. The number of hydrogen-bond acceptors (Lipinski definition) is 4. The summed E-state index contributed by atoms with van der Waals surface area (Å²) in [5.74, 6) is -0.212. The molecule has 3 rings (SSSR count). The predicted octanol–water partition coefficient (Wildman–Crippen LogP) is 3.79. The lowest BCUT2D eigenvalue weighted by Gasteiger charge is -2.13. The van der Waals surface area contributed by atoms with Gasteiger partial charge in [-0.1, -0.05) is 43.3 Å². The molecule has 0 fully saturated rings. The van der Waals surface area contributed by atoms with Crippen LogP contribution >= 0.6 is 0 Å². The summed E-state index contributed by atoms with van der Waals surface area (Å²) >= 11 is 0. The Morgan fingerprint density at radius 2 is 1.79 bits per heavy atom. The maximum Gasteiger partial charge on any atom is 0.255 e. The molecule has 6 nitrogen and oxygen atoms in total. The fourth-order valence-corrected chi connectivity index (χ4v) is 4.20. The Morgan fingerprint density at radius 1 is 1.04 bits per heavy atom. The highest BCUT2D eigenvalue weighted by Gasteiger charge is 2.21. The van der Waals surface area contributed by atoms with E-state index in [9.17, 15) is 13.2 Å². The third-order valence-corrected chi connectivity index (χ3v) is 5.78. The number of nitrogens with one attached hydrogen (secondary N) is 2. The minimum Gasteiger partial charge on any atom is -0.495 e. The van der Waals surface area contributed by atoms with Crippen LogP contribution in [0, 0.1) is 0 Å². The topological polar surface area (TPSA) is 84.5 Å². The Hall–Kier alpha value is -2.90. The number of carbonyl (C=O) groups is 1. The van der Waals surface area contributed by atoms with Crippen molar-refractivity contribution >= 4 is 32.4 Å². The number of sulfonamides is 1. The van der Waals surface area contributed by atoms with E-state index < -0.39 is 15.9 Å². The third kappa shape index (κ3) is 4.16. The molecule has 0 aliphatic carbocycles. The van der Waals surface area contributed by atoms with E-state index in [1.165, 1.54) is 25.3 Å². The van der Waals surface area contributed by atoms with Gasteiger partial charge in [-0.25, -0.2) is 13.1 Å². The average Bonchev–Trinajstić information content (AvgIpc) is 2.72. The summed E-state index contributed by atoms with van der Waals surface area (Å²) in [6, 6.07) is 17.7. The van der Waals surface area contributed by atoms with Gasteiger partial charge in [-0.15, -0.1) is 0 Å². The molecule has 146 valence electrons. The lowest BCUT2D eigenvalue weighted by Crippen LogP contribution is -2.25. The van der Waals surface area contributed by atoms with Crippen LogP contribution in [0.3, 0.4) is 0 Å². The summed E-state index contributed by atoms with van der Waals surface area (Å²) < 4.78 is 32.8. The first kappa shape index (κ1) is 19.9. The second-order valence-electron chi connectivity index (χ2n) is 6.24. The number of rotatable bonds is 7. The van der Waals surface area contributed by atoms with Gasteiger partial charge in [0.2, 0.25) is 10.0 Å². The zero-order valence-electron chi connectivity index (χ0n) is 15.7. The van der Waals surface area contributed by atoms with Crippen molar-refractivity contribution in [3.63, 3.8) is 0 Å². The number of benzene rings is 3. The highest BCUT2D eigenvalue weighted by molar-refractivity contribution is 7.89. The van der Waals surface area contributed by atoms with Crippen molar-refractivity contribution in [3.05, 3.63) is 66.2 Å². The fraction of sp³-hybridized carbons (Fsp3) is 0.190. The minimum absolute atomic E-state index is 0.0611. The van der Waals surface area contributed by atoms with Gasteiger partial charge in [0.1, 0.15) is 10.6 Å². The van der Waals surface area contributed by atoms with E-state index in [2.05, 4.69) is 10.0 Å². The maximum atomic E-state index is 12.8. The number of anilines is 1. The zero-order chi connectivity index (χ0) is 20.1. The van der Waals surface area contributed by atoms with Crippen molar-refractivity contribution in [2.24, 2.45) is 0 Å². The third-order valence-electron chi connectivity index (χ3n) is 4.30. The number of methoxy groups -OCH3 is 1. The molecule has 0 saturated heterocycles. The van der Waals surface area contributed by atoms with E-state index in [1.807, 2.05) is 49.4 Å². The Labute approximate surface area is 164 Å². The standard InChI is InChI=1S/C21H22N2O4S/c1-3-13-22-28(25,26)20-14-16(11-12-19(20)27-2)21(24)23-18-10-6-8-15-7-4-5-9-17(15)18/h4-12,14,22H,3,13H2,1-2H3,(H,23,24). The Kier molecular flexibility index (Phi) is 5.96. The number of amides is 1. The van der Waals surface area contributed by atoms with Crippen LogP contribution in [0.25, 0.3) is 10.8 Å². The van der Waals surface area contributed by atoms with Crippen LogP contribution in [0.4, 0.5) is 5.69 Å². The molecule has 0 radical (unpaired) electrons. The van der Waals surface area contributed by atoms with Gasteiger partial charge in [0.15, 0.2) is 0 Å². The molecular formula is C21H22N2O4S. The molecule has 0 aliphatic heterocycles. The highest BCUT2D eigenvalue weighted by Crippen LogP contribution is 2.27. The van der Waals surface area contributed by atoms with E-state index in [1.54, 1.807) is 0 Å². The molecule has 0 aromatic heterocycles. The van der Waals surface area contributed by atoms with Crippen molar-refractivity contribution < 1.29 is 17.9 Å². The Morgan fingerprint density at radius 3 is 2.54 bits per heavy atom. The van der Waals surface area contributed by atoms with E-state index in [0.717, 1.165) is 10.8 Å². The van der Waals surface area contributed by atoms with Gasteiger partial charge in [-0.2, -0.15) is 0 Å². The molecule has 0 spiro atoms. The molecule has 0 heterocycles. The van der Waals surface area contributed by atoms with Gasteiger partial charge in [0.25, 0.3) is 5.91 Å². The van der Waals surface area contributed by atoms with E-state index in [4.69, 9.17) is 4.74 Å². The van der Waals surface area contributed by atoms with Crippen LogP contribution in [0.15, 0.2) is 65.6 Å². The predicted molar refractivity (Wildman–Crippen MR) is 110 cm³/mol. The molecule has 0 atom stereocenters. The van der Waals surface area contributed by atoms with Crippen LogP contribution in [-0.2, 0) is 10.0 Å². The largest absolute Gasteiger partial charge is 0.495 e. The van der Waals surface area contributed by atoms with Crippen LogP contribution in [0.2, 0.25) is 0 Å². The smallest absolute Gasteiger partial charge is 0.255 e. The normalized spacial score (nSPS) is 11.4. The van der Waals surface area contributed by atoms with Crippen molar-refractivity contribution in [2.45, 2.75) is 18.2 Å². The molecule has 3 aromatic carbocycles. The summed E-state index contributed by atoms with van der Waals surface area (Å²) in [7, 11) is -2.39. The van der Waals surface area contributed by atoms with Crippen LogP contribution in [0.5, 0.6) is 5.75 Å². The quantitative estimate of drug-likeness (QED) is 0.634. The molecule has 0 unspecified atom stereocenters. The van der Waals surface area contributed by atoms with Gasteiger partial charge in [0, 0.05) is 23.2 Å². The summed E-state index contributed by atoms with van der Waals surface area (Å²) in [5.41, 5.74) is 0.887. The van der Waals surface area contributed by atoms with Crippen molar-refractivity contribution in [2.75, 3.05) is 19.0 Å². The SMILES string of the molecule is CCCNS(=O)(=O)c1cc(C(=O)Nc2cccc3ccccc23)ccc1OC. The van der Waals surface area contributed by atoms with Crippen LogP contribution in [0.1, 0.15) is 23.7 Å². The highest BCUT2D eigenvalue weighted by atomic mass is 32.2. The summed E-state index contributed by atoms with van der Waals surface area (Å²) in [5, 5.41) is 4.77. The van der Waals surface area contributed by atoms with Crippen LogP contribution in [-0.4, -0.2) is 28.0 Å². The Balaban J connectivity index is 1.95. The van der Waals surface area contributed by atoms with Gasteiger partial charge in [-0.05, 0) is 36.1 Å². The second-order valence-corrected chi connectivity index (χ2v) is 7.98. The lowest BCUT2D eigenvalue weighted by molar-refractivity contribution is 0.102. The molecule has 2 N–H and O–H groups in total. The van der Waals surface area contributed by atoms with Gasteiger partial charge >= 0.3 is 0 Å². The maximum absolute atomic E-state index is 12.8. The first-order chi connectivity index (χ1) is 13.5. The van der Waals surface area contributed by atoms with Crippen LogP contribution < -0.4 is 14.8 Å². The number of fused-ring (bicyclic) bond motifs is 1. The average molecular weight is 398 g/mol. The number of carbonyl (C=O) groups excluding carboxylic acids is 1.